The van der Waals surface area contributed by atoms with Crippen molar-refractivity contribution >= 4 is 0 Å². The Kier molecular flexibility index (Phi) is 7.86. The molecular formula is C24H46O. The van der Waals surface area contributed by atoms with E-state index in [1.165, 1.54) is 38.5 Å². The molecule has 0 aliphatic heterocycles. The molecule has 1 heteroatoms. The van der Waals surface area contributed by atoms with Gasteiger partial charge in [0.15, 0.2) is 0 Å². The third-order valence-corrected chi connectivity index (χ3v) is 7.78. The highest BCUT2D eigenvalue weighted by Gasteiger charge is 2.38. The van der Waals surface area contributed by atoms with Crippen molar-refractivity contribution in [2.24, 2.45) is 47.3 Å². The van der Waals surface area contributed by atoms with Crippen LogP contribution >= 0.6 is 0 Å². The normalized spacial score (nSPS) is 39.6. The molecule has 0 aromatic heterocycles. The molecule has 0 saturated heterocycles. The predicted molar refractivity (Wildman–Crippen MR) is 110 cm³/mol. The number of hydrogen-bond acceptors (Lipinski definition) is 1. The molecule has 2 aliphatic rings. The zero-order chi connectivity index (χ0) is 18.7. The Labute approximate surface area is 158 Å². The molecule has 1 nitrogen and oxygen atoms in total. The van der Waals surface area contributed by atoms with E-state index in [0.717, 1.165) is 47.3 Å². The maximum atomic E-state index is 6.79. The van der Waals surface area contributed by atoms with Crippen molar-refractivity contribution in [2.45, 2.75) is 106 Å². The Morgan fingerprint density at radius 1 is 0.560 bits per heavy atom. The molecule has 0 bridgehead atoms. The van der Waals surface area contributed by atoms with E-state index in [2.05, 4.69) is 55.4 Å². The average Bonchev–Trinajstić information content (AvgIpc) is 2.53. The Morgan fingerprint density at radius 3 is 1.24 bits per heavy atom. The molecule has 2 fully saturated rings. The van der Waals surface area contributed by atoms with Crippen LogP contribution in [0.2, 0.25) is 0 Å². The number of rotatable bonds is 6. The number of hydrogen-bond donors (Lipinski definition) is 0. The first-order valence-electron chi connectivity index (χ1n) is 11.4. The van der Waals surface area contributed by atoms with E-state index < -0.39 is 0 Å². The molecule has 148 valence electrons. The van der Waals surface area contributed by atoms with E-state index in [0.29, 0.717) is 12.2 Å². The molecular weight excluding hydrogens is 304 g/mol. The molecule has 2 saturated carbocycles. The fourth-order valence-electron chi connectivity index (χ4n) is 6.17. The summed E-state index contributed by atoms with van der Waals surface area (Å²) < 4.78 is 6.79. The Balaban J connectivity index is 2.02. The third-order valence-electron chi connectivity index (χ3n) is 7.78. The van der Waals surface area contributed by atoms with Crippen LogP contribution in [0.4, 0.5) is 0 Å². The molecule has 0 aromatic rings. The lowest BCUT2D eigenvalue weighted by molar-refractivity contribution is -0.102. The first-order valence-corrected chi connectivity index (χ1v) is 11.4. The second-order valence-corrected chi connectivity index (χ2v) is 10.5. The summed E-state index contributed by atoms with van der Waals surface area (Å²) in [5.74, 6) is 6.54. The molecule has 8 unspecified atom stereocenters. The lowest BCUT2D eigenvalue weighted by Crippen LogP contribution is -2.41. The maximum absolute atomic E-state index is 6.79. The molecule has 0 spiro atoms. The predicted octanol–water partition coefficient (Wildman–Crippen LogP) is 7.20. The van der Waals surface area contributed by atoms with Crippen LogP contribution in [-0.2, 0) is 4.74 Å². The molecule has 25 heavy (non-hydrogen) atoms. The van der Waals surface area contributed by atoms with Crippen LogP contribution in [0.5, 0.6) is 0 Å². The van der Waals surface area contributed by atoms with Gasteiger partial charge < -0.3 is 4.74 Å². The van der Waals surface area contributed by atoms with Gasteiger partial charge in [-0.15, -0.1) is 0 Å². The SMILES string of the molecule is CC1CCC(C(C)C)C(C(C)OC(C)C2CC(C)CCC2C(C)C)C1. The minimum absolute atomic E-state index is 0.412. The van der Waals surface area contributed by atoms with Gasteiger partial charge in [-0.05, 0) is 86.9 Å². The second kappa shape index (κ2) is 9.25. The Morgan fingerprint density at radius 2 is 0.920 bits per heavy atom. The van der Waals surface area contributed by atoms with Gasteiger partial charge >= 0.3 is 0 Å². The Hall–Kier alpha value is -0.0400. The zero-order valence-corrected chi connectivity index (χ0v) is 18.4. The van der Waals surface area contributed by atoms with Gasteiger partial charge in [0.1, 0.15) is 0 Å². The lowest BCUT2D eigenvalue weighted by Gasteiger charge is -2.44. The molecule has 0 radical (unpaired) electrons. The van der Waals surface area contributed by atoms with E-state index in [4.69, 9.17) is 4.74 Å². The van der Waals surface area contributed by atoms with Gasteiger partial charge in [0.2, 0.25) is 0 Å². The molecule has 2 rings (SSSR count). The fraction of sp³-hybridized carbons (Fsp3) is 1.00. The molecule has 0 N–H and O–H groups in total. The standard InChI is InChI=1S/C24H46O/c1-15(2)21-11-9-17(5)13-23(21)19(7)25-20(8)24-14-18(6)10-12-22(24)16(3)4/h15-24H,9-14H2,1-8H3. The maximum Gasteiger partial charge on any atom is 0.0581 e. The van der Waals surface area contributed by atoms with Crippen LogP contribution in [0, 0.1) is 47.3 Å². The monoisotopic (exact) mass is 350 g/mol. The van der Waals surface area contributed by atoms with Crippen molar-refractivity contribution in [3.8, 4) is 0 Å². The summed E-state index contributed by atoms with van der Waals surface area (Å²) in [6.45, 7) is 19.3. The van der Waals surface area contributed by atoms with Gasteiger partial charge in [-0.1, -0.05) is 54.4 Å². The van der Waals surface area contributed by atoms with Gasteiger partial charge in [0.05, 0.1) is 12.2 Å². The minimum Gasteiger partial charge on any atom is -0.375 e. The summed E-state index contributed by atoms with van der Waals surface area (Å²) in [5.41, 5.74) is 0. The summed E-state index contributed by atoms with van der Waals surface area (Å²) in [7, 11) is 0. The van der Waals surface area contributed by atoms with Gasteiger partial charge in [-0.3, -0.25) is 0 Å². The highest BCUT2D eigenvalue weighted by atomic mass is 16.5. The van der Waals surface area contributed by atoms with E-state index >= 15 is 0 Å². The van der Waals surface area contributed by atoms with Crippen molar-refractivity contribution in [1.82, 2.24) is 0 Å². The quantitative estimate of drug-likeness (QED) is 0.492. The van der Waals surface area contributed by atoms with Crippen molar-refractivity contribution < 1.29 is 4.74 Å². The van der Waals surface area contributed by atoms with Gasteiger partial charge in [0, 0.05) is 0 Å². The van der Waals surface area contributed by atoms with Crippen LogP contribution in [0.15, 0.2) is 0 Å². The average molecular weight is 351 g/mol. The van der Waals surface area contributed by atoms with E-state index in [1.807, 2.05) is 0 Å². The van der Waals surface area contributed by atoms with Gasteiger partial charge in [-0.2, -0.15) is 0 Å². The molecule has 0 amide bonds. The Bertz CT molecular complexity index is 352. The number of ether oxygens (including phenoxy) is 1. The highest BCUT2D eigenvalue weighted by molar-refractivity contribution is 4.87. The summed E-state index contributed by atoms with van der Waals surface area (Å²) >= 11 is 0. The fourth-order valence-corrected chi connectivity index (χ4v) is 6.17. The van der Waals surface area contributed by atoms with Crippen LogP contribution in [0.3, 0.4) is 0 Å². The van der Waals surface area contributed by atoms with Crippen LogP contribution in [0.1, 0.15) is 93.9 Å². The first kappa shape index (κ1) is 21.3. The zero-order valence-electron chi connectivity index (χ0n) is 18.4. The third kappa shape index (κ3) is 5.47. The van der Waals surface area contributed by atoms with E-state index in [9.17, 15) is 0 Å². The summed E-state index contributed by atoms with van der Waals surface area (Å²) in [5, 5.41) is 0. The van der Waals surface area contributed by atoms with Crippen molar-refractivity contribution in [3.63, 3.8) is 0 Å². The molecule has 8 atom stereocenters. The summed E-state index contributed by atoms with van der Waals surface area (Å²) in [6, 6.07) is 0. The van der Waals surface area contributed by atoms with E-state index in [1.54, 1.807) is 0 Å². The van der Waals surface area contributed by atoms with Crippen LogP contribution in [0.25, 0.3) is 0 Å². The van der Waals surface area contributed by atoms with E-state index in [-0.39, 0.29) is 0 Å². The molecule has 0 aromatic carbocycles. The second-order valence-electron chi connectivity index (χ2n) is 10.5. The van der Waals surface area contributed by atoms with Crippen molar-refractivity contribution in [3.05, 3.63) is 0 Å². The van der Waals surface area contributed by atoms with Crippen LogP contribution in [-0.4, -0.2) is 12.2 Å². The van der Waals surface area contributed by atoms with Gasteiger partial charge in [-0.25, -0.2) is 0 Å². The summed E-state index contributed by atoms with van der Waals surface area (Å²) in [6.07, 6.45) is 9.19. The van der Waals surface area contributed by atoms with Crippen molar-refractivity contribution in [1.29, 1.82) is 0 Å². The smallest absolute Gasteiger partial charge is 0.0581 e. The minimum atomic E-state index is 0.412. The topological polar surface area (TPSA) is 9.23 Å². The largest absolute Gasteiger partial charge is 0.375 e. The first-order chi connectivity index (χ1) is 11.7. The molecule has 2 aliphatic carbocycles. The summed E-state index contributed by atoms with van der Waals surface area (Å²) in [4.78, 5) is 0. The van der Waals surface area contributed by atoms with Crippen LogP contribution < -0.4 is 0 Å². The lowest BCUT2D eigenvalue weighted by atomic mass is 9.67. The molecule has 0 heterocycles. The highest BCUT2D eigenvalue weighted by Crippen LogP contribution is 2.43. The van der Waals surface area contributed by atoms with Gasteiger partial charge in [0.25, 0.3) is 0 Å². The van der Waals surface area contributed by atoms with Crippen molar-refractivity contribution in [2.75, 3.05) is 0 Å².